The Morgan fingerprint density at radius 3 is 2.35 bits per heavy atom. The lowest BCUT2D eigenvalue weighted by Gasteiger charge is -2.10. The molecule has 4 unspecified atom stereocenters. The smallest absolute Gasteiger partial charge is 0.294 e. The Kier molecular flexibility index (Phi) is 2.40. The van der Waals surface area contributed by atoms with Gasteiger partial charge in [-0.05, 0) is 55.1 Å². The van der Waals surface area contributed by atoms with E-state index in [4.69, 9.17) is 0 Å². The fourth-order valence-corrected chi connectivity index (χ4v) is 4.72. The third-order valence-electron chi connectivity index (χ3n) is 5.51. The molecule has 3 aliphatic carbocycles. The molecule has 20 heavy (non-hydrogen) atoms. The number of hydrogen-bond donors (Lipinski definition) is 0. The van der Waals surface area contributed by atoms with Crippen molar-refractivity contribution in [1.82, 2.24) is 0 Å². The first-order chi connectivity index (χ1) is 9.47. The average Bonchev–Trinajstić information content (AvgIpc) is 2.84. The predicted molar refractivity (Wildman–Crippen MR) is 67.1 cm³/mol. The molecule has 3 aliphatic rings. The molecule has 0 aliphatic heterocycles. The minimum Gasteiger partial charge on any atom is -0.294 e. The lowest BCUT2D eigenvalue weighted by atomic mass is 9.95. The Balaban J connectivity index is 1.59. The van der Waals surface area contributed by atoms with Crippen LogP contribution in [-0.2, 0) is 6.18 Å². The number of benzene rings is 1. The molecule has 2 bridgehead atoms. The summed E-state index contributed by atoms with van der Waals surface area (Å²) in [6.07, 6.45) is -0.729. The summed E-state index contributed by atoms with van der Waals surface area (Å²) >= 11 is 0. The molecule has 0 aromatic heterocycles. The van der Waals surface area contributed by atoms with Crippen LogP contribution >= 0.6 is 0 Å². The van der Waals surface area contributed by atoms with Gasteiger partial charge in [0.2, 0.25) is 0 Å². The number of alkyl halides is 3. The van der Waals surface area contributed by atoms with Crippen LogP contribution in [0.2, 0.25) is 0 Å². The summed E-state index contributed by atoms with van der Waals surface area (Å²) in [6.45, 7) is 0. The van der Waals surface area contributed by atoms with Gasteiger partial charge in [0.1, 0.15) is 0 Å². The Hall–Kier alpha value is -1.32. The van der Waals surface area contributed by atoms with Gasteiger partial charge in [-0.1, -0.05) is 12.1 Å². The highest BCUT2D eigenvalue weighted by Crippen LogP contribution is 2.69. The first-order valence-electron chi connectivity index (χ1n) is 7.18. The van der Waals surface area contributed by atoms with Crippen LogP contribution in [0.3, 0.4) is 0 Å². The van der Waals surface area contributed by atoms with Crippen LogP contribution in [0.5, 0.6) is 0 Å². The van der Waals surface area contributed by atoms with E-state index in [2.05, 4.69) is 0 Å². The number of carbonyl (C=O) groups is 1. The van der Waals surface area contributed by atoms with Gasteiger partial charge in [0.05, 0.1) is 5.56 Å². The van der Waals surface area contributed by atoms with Crippen molar-refractivity contribution < 1.29 is 18.0 Å². The molecule has 4 heteroatoms. The van der Waals surface area contributed by atoms with Crippen LogP contribution in [-0.4, -0.2) is 5.78 Å². The summed E-state index contributed by atoms with van der Waals surface area (Å²) in [6, 6.07) is 4.89. The van der Waals surface area contributed by atoms with Gasteiger partial charge in [0, 0.05) is 11.5 Å². The van der Waals surface area contributed by atoms with Gasteiger partial charge in [-0.15, -0.1) is 0 Å². The second kappa shape index (κ2) is 3.86. The van der Waals surface area contributed by atoms with Crippen LogP contribution in [0.1, 0.15) is 35.2 Å². The highest BCUT2D eigenvalue weighted by atomic mass is 19.4. The van der Waals surface area contributed by atoms with Gasteiger partial charge in [-0.3, -0.25) is 4.79 Å². The van der Waals surface area contributed by atoms with E-state index in [0.717, 1.165) is 12.1 Å². The molecular weight excluding hydrogens is 265 g/mol. The third-order valence-corrected chi connectivity index (χ3v) is 5.51. The lowest BCUT2D eigenvalue weighted by molar-refractivity contribution is -0.137. The maximum atomic E-state index is 12.7. The number of fused-ring (bicyclic) bond motifs is 5. The summed E-state index contributed by atoms with van der Waals surface area (Å²) in [5, 5.41) is 0. The topological polar surface area (TPSA) is 17.1 Å². The quantitative estimate of drug-likeness (QED) is 0.743. The molecular formula is C16H15F3O. The van der Waals surface area contributed by atoms with Crippen molar-refractivity contribution in [2.45, 2.75) is 25.4 Å². The first-order valence-corrected chi connectivity index (χ1v) is 7.18. The number of Topliss-reactive ketones (excluding diaryl/α,β-unsaturated/α-hetero) is 1. The van der Waals surface area contributed by atoms with E-state index in [0.29, 0.717) is 23.7 Å². The van der Waals surface area contributed by atoms with Gasteiger partial charge in [-0.2, -0.15) is 13.2 Å². The number of hydrogen-bond acceptors (Lipinski definition) is 1. The SMILES string of the molecule is O=C(c1cccc(C(F)(F)F)c1)C1C2C3CCC(C3)C12. The maximum Gasteiger partial charge on any atom is 0.416 e. The zero-order valence-electron chi connectivity index (χ0n) is 10.9. The van der Waals surface area contributed by atoms with Crippen molar-refractivity contribution in [2.75, 3.05) is 0 Å². The lowest BCUT2D eigenvalue weighted by Crippen LogP contribution is -2.12. The minimum atomic E-state index is -4.38. The van der Waals surface area contributed by atoms with Gasteiger partial charge in [0.15, 0.2) is 5.78 Å². The second-order valence-electron chi connectivity index (χ2n) is 6.46. The van der Waals surface area contributed by atoms with E-state index in [-0.39, 0.29) is 17.3 Å². The molecule has 1 aromatic rings. The van der Waals surface area contributed by atoms with E-state index in [1.807, 2.05) is 0 Å². The van der Waals surface area contributed by atoms with Crippen molar-refractivity contribution in [3.63, 3.8) is 0 Å². The molecule has 0 saturated heterocycles. The summed E-state index contributed by atoms with van der Waals surface area (Å²) in [5.74, 6) is 2.19. The molecule has 3 fully saturated rings. The zero-order valence-corrected chi connectivity index (χ0v) is 10.9. The molecule has 4 rings (SSSR count). The van der Waals surface area contributed by atoms with Crippen LogP contribution in [0.15, 0.2) is 24.3 Å². The van der Waals surface area contributed by atoms with Crippen LogP contribution in [0.4, 0.5) is 13.2 Å². The van der Waals surface area contributed by atoms with E-state index in [1.54, 1.807) is 0 Å². The Morgan fingerprint density at radius 2 is 1.75 bits per heavy atom. The molecule has 0 heterocycles. The van der Waals surface area contributed by atoms with Gasteiger partial charge < -0.3 is 0 Å². The number of rotatable bonds is 2. The summed E-state index contributed by atoms with van der Waals surface area (Å²) < 4.78 is 38.1. The highest BCUT2D eigenvalue weighted by Gasteiger charge is 2.67. The van der Waals surface area contributed by atoms with E-state index < -0.39 is 11.7 Å². The fourth-order valence-electron chi connectivity index (χ4n) is 4.72. The number of ketones is 1. The first kappa shape index (κ1) is 12.4. The summed E-state index contributed by atoms with van der Waals surface area (Å²) in [4.78, 5) is 12.5. The van der Waals surface area contributed by atoms with Crippen LogP contribution in [0, 0.1) is 29.6 Å². The molecule has 3 saturated carbocycles. The Labute approximate surface area is 115 Å². The van der Waals surface area contributed by atoms with Crippen molar-refractivity contribution in [3.8, 4) is 0 Å². The predicted octanol–water partition coefficient (Wildman–Crippen LogP) is 4.18. The van der Waals surface area contributed by atoms with Gasteiger partial charge in [-0.25, -0.2) is 0 Å². The van der Waals surface area contributed by atoms with Crippen molar-refractivity contribution in [1.29, 1.82) is 0 Å². The molecule has 0 amide bonds. The monoisotopic (exact) mass is 280 g/mol. The van der Waals surface area contributed by atoms with Gasteiger partial charge >= 0.3 is 6.18 Å². The molecule has 106 valence electrons. The van der Waals surface area contributed by atoms with E-state index in [9.17, 15) is 18.0 Å². The van der Waals surface area contributed by atoms with E-state index >= 15 is 0 Å². The molecule has 4 atom stereocenters. The maximum absolute atomic E-state index is 12.7. The molecule has 0 N–H and O–H groups in total. The number of halogens is 3. The standard InChI is InChI=1S/C16H15F3O/c17-16(18,19)11-3-1-2-10(7-11)15(20)14-12-8-4-5-9(6-8)13(12)14/h1-3,7-9,12-14H,4-6H2. The Morgan fingerprint density at radius 1 is 1.10 bits per heavy atom. The zero-order chi connectivity index (χ0) is 14.1. The minimum absolute atomic E-state index is 0.00438. The average molecular weight is 280 g/mol. The highest BCUT2D eigenvalue weighted by molar-refractivity contribution is 6.00. The van der Waals surface area contributed by atoms with Crippen molar-refractivity contribution in [3.05, 3.63) is 35.4 Å². The molecule has 1 nitrogen and oxygen atoms in total. The Bertz CT molecular complexity index is 561. The molecule has 0 spiro atoms. The van der Waals surface area contributed by atoms with Crippen LogP contribution < -0.4 is 0 Å². The van der Waals surface area contributed by atoms with Crippen LogP contribution in [0.25, 0.3) is 0 Å². The van der Waals surface area contributed by atoms with Gasteiger partial charge in [0.25, 0.3) is 0 Å². The second-order valence-corrected chi connectivity index (χ2v) is 6.46. The largest absolute Gasteiger partial charge is 0.416 e. The fraction of sp³-hybridized carbons (Fsp3) is 0.562. The normalized spacial score (nSPS) is 37.9. The number of carbonyl (C=O) groups excluding carboxylic acids is 1. The molecule has 0 radical (unpaired) electrons. The summed E-state index contributed by atoms with van der Waals surface area (Å²) in [5.41, 5.74) is -0.490. The van der Waals surface area contributed by atoms with E-state index in [1.165, 1.54) is 31.4 Å². The third kappa shape index (κ3) is 1.66. The van der Waals surface area contributed by atoms with Crippen molar-refractivity contribution in [2.24, 2.45) is 29.6 Å². The molecule has 1 aromatic carbocycles. The van der Waals surface area contributed by atoms with Crippen molar-refractivity contribution >= 4 is 5.78 Å². The summed E-state index contributed by atoms with van der Waals surface area (Å²) in [7, 11) is 0.